The van der Waals surface area contributed by atoms with Gasteiger partial charge in [0.2, 0.25) is 11.7 Å². The number of H-pyrrole nitrogens is 1. The fraction of sp³-hybridized carbons (Fsp3) is 0.294. The summed E-state index contributed by atoms with van der Waals surface area (Å²) in [6, 6.07) is 3.84. The van der Waals surface area contributed by atoms with Crippen molar-refractivity contribution in [2.75, 3.05) is 0 Å². The Hall–Kier alpha value is -2.96. The Morgan fingerprint density at radius 3 is 2.83 bits per heavy atom. The Kier molecular flexibility index (Phi) is 3.60. The Morgan fingerprint density at radius 2 is 2.00 bits per heavy atom. The van der Waals surface area contributed by atoms with Crippen molar-refractivity contribution < 1.29 is 9.05 Å². The van der Waals surface area contributed by atoms with Crippen LogP contribution in [-0.4, -0.2) is 25.3 Å². The number of hydrogen-bond donors (Lipinski definition) is 1. The van der Waals surface area contributed by atoms with Crippen molar-refractivity contribution in [1.82, 2.24) is 25.3 Å². The molecule has 0 spiro atoms. The van der Waals surface area contributed by atoms with Crippen molar-refractivity contribution in [3.05, 3.63) is 47.4 Å². The van der Waals surface area contributed by atoms with E-state index in [9.17, 15) is 0 Å². The van der Waals surface area contributed by atoms with Crippen LogP contribution in [0.5, 0.6) is 0 Å². The molecule has 7 nitrogen and oxygen atoms in total. The van der Waals surface area contributed by atoms with Gasteiger partial charge in [-0.25, -0.2) is 4.98 Å². The second-order valence-electron chi connectivity index (χ2n) is 5.53. The average molecular weight is 323 g/mol. The Bertz CT molecular complexity index is 960. The van der Waals surface area contributed by atoms with E-state index in [2.05, 4.69) is 32.2 Å². The molecule has 0 aliphatic carbocycles. The number of rotatable bonds is 5. The minimum Gasteiger partial charge on any atom is -0.361 e. The Balaban J connectivity index is 1.69. The van der Waals surface area contributed by atoms with E-state index in [0.717, 1.165) is 46.5 Å². The van der Waals surface area contributed by atoms with Crippen LogP contribution in [0.2, 0.25) is 0 Å². The number of fused-ring (bicyclic) bond motifs is 1. The highest BCUT2D eigenvalue weighted by atomic mass is 16.5. The first-order valence-corrected chi connectivity index (χ1v) is 8.01. The van der Waals surface area contributed by atoms with Crippen molar-refractivity contribution in [3.8, 4) is 11.4 Å². The fourth-order valence-electron chi connectivity index (χ4n) is 2.88. The normalized spacial score (nSPS) is 11.4. The van der Waals surface area contributed by atoms with Crippen molar-refractivity contribution >= 4 is 11.0 Å². The van der Waals surface area contributed by atoms with Crippen LogP contribution < -0.4 is 0 Å². The molecular weight excluding hydrogens is 306 g/mol. The molecule has 4 heterocycles. The molecule has 0 unspecified atom stereocenters. The molecule has 4 rings (SSSR count). The lowest BCUT2D eigenvalue weighted by atomic mass is 10.1. The van der Waals surface area contributed by atoms with Crippen molar-refractivity contribution in [2.45, 2.75) is 33.1 Å². The second-order valence-corrected chi connectivity index (χ2v) is 5.53. The van der Waals surface area contributed by atoms with Crippen LogP contribution in [0.4, 0.5) is 0 Å². The third-order valence-corrected chi connectivity index (χ3v) is 4.10. The first-order chi connectivity index (χ1) is 11.8. The van der Waals surface area contributed by atoms with E-state index in [1.54, 1.807) is 6.20 Å². The molecule has 4 aromatic rings. The number of nitrogens with one attached hydrogen (secondary N) is 1. The summed E-state index contributed by atoms with van der Waals surface area (Å²) in [4.78, 5) is 11.9. The topological polar surface area (TPSA) is 93.6 Å². The Morgan fingerprint density at radius 1 is 1.08 bits per heavy atom. The molecule has 0 aliphatic heterocycles. The molecule has 0 saturated heterocycles. The number of aromatic amines is 1. The van der Waals surface area contributed by atoms with Gasteiger partial charge in [-0.1, -0.05) is 24.2 Å². The summed E-state index contributed by atoms with van der Waals surface area (Å²) in [5.74, 6) is 1.99. The number of hydrogen-bond acceptors (Lipinski definition) is 6. The van der Waals surface area contributed by atoms with Gasteiger partial charge >= 0.3 is 0 Å². The van der Waals surface area contributed by atoms with Crippen molar-refractivity contribution in [2.24, 2.45) is 0 Å². The van der Waals surface area contributed by atoms with Crippen LogP contribution in [0.15, 0.2) is 33.6 Å². The number of aryl methyl sites for hydroxylation is 2. The van der Waals surface area contributed by atoms with Crippen LogP contribution in [0.3, 0.4) is 0 Å². The average Bonchev–Trinajstić information content (AvgIpc) is 3.34. The number of aromatic nitrogens is 5. The van der Waals surface area contributed by atoms with Gasteiger partial charge in [-0.15, -0.1) is 0 Å². The number of nitrogens with zero attached hydrogens (tertiary/aromatic N) is 4. The molecule has 0 aromatic carbocycles. The van der Waals surface area contributed by atoms with E-state index in [1.165, 1.54) is 0 Å². The summed E-state index contributed by atoms with van der Waals surface area (Å²) in [6.07, 6.45) is 5.71. The zero-order valence-electron chi connectivity index (χ0n) is 13.5. The predicted molar refractivity (Wildman–Crippen MR) is 87.5 cm³/mol. The molecule has 0 aliphatic rings. The second kappa shape index (κ2) is 5.92. The van der Waals surface area contributed by atoms with Crippen LogP contribution in [-0.2, 0) is 19.3 Å². The van der Waals surface area contributed by atoms with E-state index >= 15 is 0 Å². The third-order valence-electron chi connectivity index (χ3n) is 4.10. The molecule has 0 amide bonds. The van der Waals surface area contributed by atoms with E-state index < -0.39 is 0 Å². The summed E-state index contributed by atoms with van der Waals surface area (Å²) in [7, 11) is 0. The van der Waals surface area contributed by atoms with Crippen molar-refractivity contribution in [3.63, 3.8) is 0 Å². The van der Waals surface area contributed by atoms with Gasteiger partial charge in [0.1, 0.15) is 11.4 Å². The van der Waals surface area contributed by atoms with Gasteiger partial charge in [0.25, 0.3) is 0 Å². The monoisotopic (exact) mass is 323 g/mol. The highest BCUT2D eigenvalue weighted by Gasteiger charge is 2.18. The minimum absolute atomic E-state index is 0.532. The lowest BCUT2D eigenvalue weighted by Crippen LogP contribution is -1.96. The summed E-state index contributed by atoms with van der Waals surface area (Å²) in [6.45, 7) is 4.10. The van der Waals surface area contributed by atoms with E-state index in [-0.39, 0.29) is 0 Å². The van der Waals surface area contributed by atoms with Gasteiger partial charge in [0, 0.05) is 35.3 Å². The quantitative estimate of drug-likeness (QED) is 0.605. The Labute approximate surface area is 138 Å². The zero-order valence-corrected chi connectivity index (χ0v) is 13.5. The first kappa shape index (κ1) is 14.6. The molecule has 122 valence electrons. The molecule has 0 bridgehead atoms. The van der Waals surface area contributed by atoms with Crippen LogP contribution in [0, 0.1) is 0 Å². The summed E-state index contributed by atoms with van der Waals surface area (Å²) in [5.41, 5.74) is 3.70. The van der Waals surface area contributed by atoms with Gasteiger partial charge in [-0.2, -0.15) is 4.98 Å². The summed E-state index contributed by atoms with van der Waals surface area (Å²) in [5, 5.41) is 9.22. The smallest absolute Gasteiger partial charge is 0.231 e. The standard InChI is InChI=1S/C17H17N5O2/c1-3-13-12(14(4-2)23-21-13)9-15-20-17(22-24-15)11-6-8-19-16-10(11)5-7-18-16/h5-8H,3-4,9H2,1-2H3,(H,18,19). The van der Waals surface area contributed by atoms with E-state index in [0.29, 0.717) is 18.1 Å². The molecule has 4 aromatic heterocycles. The van der Waals surface area contributed by atoms with E-state index in [4.69, 9.17) is 9.05 Å². The van der Waals surface area contributed by atoms with Crippen LogP contribution >= 0.6 is 0 Å². The molecule has 24 heavy (non-hydrogen) atoms. The molecule has 0 fully saturated rings. The van der Waals surface area contributed by atoms with Crippen LogP contribution in [0.1, 0.15) is 36.8 Å². The fourth-order valence-corrected chi connectivity index (χ4v) is 2.88. The molecule has 0 atom stereocenters. The summed E-state index contributed by atoms with van der Waals surface area (Å²) >= 11 is 0. The maximum atomic E-state index is 5.46. The third kappa shape index (κ3) is 2.38. The highest BCUT2D eigenvalue weighted by molar-refractivity contribution is 5.90. The zero-order chi connectivity index (χ0) is 16.5. The number of pyridine rings is 1. The lowest BCUT2D eigenvalue weighted by molar-refractivity contribution is 0.375. The largest absolute Gasteiger partial charge is 0.361 e. The molecular formula is C17H17N5O2. The maximum absolute atomic E-state index is 5.46. The molecule has 7 heteroatoms. The van der Waals surface area contributed by atoms with Gasteiger partial charge in [-0.3, -0.25) is 0 Å². The van der Waals surface area contributed by atoms with E-state index in [1.807, 2.05) is 25.3 Å². The van der Waals surface area contributed by atoms with Gasteiger partial charge < -0.3 is 14.0 Å². The highest BCUT2D eigenvalue weighted by Crippen LogP contribution is 2.26. The molecule has 0 saturated carbocycles. The van der Waals surface area contributed by atoms with Crippen LogP contribution in [0.25, 0.3) is 22.4 Å². The van der Waals surface area contributed by atoms with Crippen molar-refractivity contribution in [1.29, 1.82) is 0 Å². The summed E-state index contributed by atoms with van der Waals surface area (Å²) < 4.78 is 10.9. The SMILES string of the molecule is CCc1noc(CC)c1Cc1nc(-c2ccnc3[nH]ccc23)no1. The van der Waals surface area contributed by atoms with Gasteiger partial charge in [0.05, 0.1) is 12.1 Å². The molecule has 1 N–H and O–H groups in total. The van der Waals surface area contributed by atoms with Gasteiger partial charge in [-0.05, 0) is 18.6 Å². The first-order valence-electron chi connectivity index (χ1n) is 8.01. The minimum atomic E-state index is 0.532. The maximum Gasteiger partial charge on any atom is 0.231 e. The van der Waals surface area contributed by atoms with Gasteiger partial charge in [0.15, 0.2) is 0 Å². The predicted octanol–water partition coefficient (Wildman–Crippen LogP) is 3.32. The molecule has 0 radical (unpaired) electrons. The lowest BCUT2D eigenvalue weighted by Gasteiger charge is -1.97.